The van der Waals surface area contributed by atoms with Gasteiger partial charge in [-0.3, -0.25) is 4.79 Å². The zero-order chi connectivity index (χ0) is 16.1. The minimum absolute atomic E-state index is 0.0542. The molecule has 1 unspecified atom stereocenters. The molecule has 2 rings (SSSR count). The van der Waals surface area contributed by atoms with E-state index in [1.165, 1.54) is 0 Å². The maximum Gasteiger partial charge on any atom is 0.326 e. The number of ether oxygens (including phenoxy) is 1. The molecule has 0 aromatic heterocycles. The van der Waals surface area contributed by atoms with Gasteiger partial charge in [0.1, 0.15) is 18.4 Å². The van der Waals surface area contributed by atoms with Crippen LogP contribution in [0.15, 0.2) is 35.9 Å². The molecule has 22 heavy (non-hydrogen) atoms. The first-order valence-electron chi connectivity index (χ1n) is 7.37. The van der Waals surface area contributed by atoms with E-state index < -0.39 is 12.0 Å². The molecule has 0 radical (unpaired) electrons. The fraction of sp³-hybridized carbons (Fsp3) is 0.412. The van der Waals surface area contributed by atoms with Crippen molar-refractivity contribution in [2.75, 3.05) is 6.61 Å². The van der Waals surface area contributed by atoms with E-state index in [2.05, 4.69) is 5.32 Å². The number of carbonyl (C=O) groups is 2. The highest BCUT2D eigenvalue weighted by atomic mass is 16.5. The van der Waals surface area contributed by atoms with E-state index in [0.717, 1.165) is 18.4 Å². The Bertz CT molecular complexity index is 586. The SMILES string of the molecule is CC(C)=CCOc1cccc(C(=O)NC(C(=O)O)C2CC2)c1. The maximum atomic E-state index is 12.2. The molecule has 0 spiro atoms. The predicted molar refractivity (Wildman–Crippen MR) is 83.0 cm³/mol. The molecule has 0 saturated heterocycles. The number of hydrogen-bond donors (Lipinski definition) is 2. The number of benzene rings is 1. The lowest BCUT2D eigenvalue weighted by Crippen LogP contribution is -2.42. The molecule has 1 aliphatic rings. The molecule has 5 heteroatoms. The van der Waals surface area contributed by atoms with E-state index in [4.69, 9.17) is 9.84 Å². The molecule has 5 nitrogen and oxygen atoms in total. The number of carbonyl (C=O) groups excluding carboxylic acids is 1. The van der Waals surface area contributed by atoms with Crippen LogP contribution in [-0.4, -0.2) is 29.6 Å². The van der Waals surface area contributed by atoms with E-state index in [-0.39, 0.29) is 11.8 Å². The zero-order valence-corrected chi connectivity index (χ0v) is 12.8. The summed E-state index contributed by atoms with van der Waals surface area (Å²) in [6.07, 6.45) is 3.65. The number of carboxylic acid groups (broad SMARTS) is 1. The minimum Gasteiger partial charge on any atom is -0.490 e. The summed E-state index contributed by atoms with van der Waals surface area (Å²) in [6, 6.07) is 5.96. The first kappa shape index (κ1) is 16.1. The topological polar surface area (TPSA) is 75.6 Å². The monoisotopic (exact) mass is 303 g/mol. The first-order chi connectivity index (χ1) is 10.5. The number of rotatable bonds is 7. The van der Waals surface area contributed by atoms with Crippen LogP contribution in [0.25, 0.3) is 0 Å². The number of hydrogen-bond acceptors (Lipinski definition) is 3. The third-order valence-corrected chi connectivity index (χ3v) is 3.48. The van der Waals surface area contributed by atoms with Gasteiger partial charge in [0.05, 0.1) is 0 Å². The third-order valence-electron chi connectivity index (χ3n) is 3.48. The number of carboxylic acids is 1. The maximum absolute atomic E-state index is 12.2. The lowest BCUT2D eigenvalue weighted by atomic mass is 10.1. The molecule has 1 atom stereocenters. The lowest BCUT2D eigenvalue weighted by molar-refractivity contribution is -0.139. The summed E-state index contributed by atoms with van der Waals surface area (Å²) in [4.78, 5) is 23.4. The number of nitrogens with one attached hydrogen (secondary N) is 1. The molecular formula is C17H21NO4. The van der Waals surface area contributed by atoms with Gasteiger partial charge in [0.2, 0.25) is 0 Å². The van der Waals surface area contributed by atoms with Crippen molar-refractivity contribution < 1.29 is 19.4 Å². The molecule has 118 valence electrons. The number of allylic oxidation sites excluding steroid dienone is 1. The normalized spacial score (nSPS) is 14.8. The van der Waals surface area contributed by atoms with Gasteiger partial charge in [0, 0.05) is 5.56 Å². The zero-order valence-electron chi connectivity index (χ0n) is 12.8. The Morgan fingerprint density at radius 2 is 2.14 bits per heavy atom. The predicted octanol–water partition coefficient (Wildman–Crippen LogP) is 2.62. The van der Waals surface area contributed by atoms with Crippen molar-refractivity contribution in [3.63, 3.8) is 0 Å². The van der Waals surface area contributed by atoms with E-state index in [1.807, 2.05) is 19.9 Å². The standard InChI is InChI=1S/C17H21NO4/c1-11(2)8-9-22-14-5-3-4-13(10-14)16(19)18-15(17(20)21)12-6-7-12/h3-5,8,10,12,15H,6-7,9H2,1-2H3,(H,18,19)(H,20,21). The first-order valence-corrected chi connectivity index (χ1v) is 7.37. The van der Waals surface area contributed by atoms with Gasteiger partial charge in [-0.1, -0.05) is 11.6 Å². The Morgan fingerprint density at radius 3 is 2.73 bits per heavy atom. The van der Waals surface area contributed by atoms with Crippen LogP contribution in [0.3, 0.4) is 0 Å². The molecule has 0 bridgehead atoms. The second-order valence-corrected chi connectivity index (χ2v) is 5.75. The molecule has 0 heterocycles. The summed E-state index contributed by atoms with van der Waals surface area (Å²) < 4.78 is 5.55. The van der Waals surface area contributed by atoms with Crippen molar-refractivity contribution in [3.8, 4) is 5.75 Å². The van der Waals surface area contributed by atoms with Gasteiger partial charge < -0.3 is 15.2 Å². The summed E-state index contributed by atoms with van der Waals surface area (Å²) >= 11 is 0. The van der Waals surface area contributed by atoms with Crippen LogP contribution in [0.2, 0.25) is 0 Å². The highest BCUT2D eigenvalue weighted by Gasteiger charge is 2.37. The van der Waals surface area contributed by atoms with Crippen molar-refractivity contribution >= 4 is 11.9 Å². The summed E-state index contributed by atoms with van der Waals surface area (Å²) in [7, 11) is 0. The highest BCUT2D eigenvalue weighted by molar-refractivity contribution is 5.97. The molecule has 1 saturated carbocycles. The Morgan fingerprint density at radius 1 is 1.41 bits per heavy atom. The third kappa shape index (κ3) is 4.62. The van der Waals surface area contributed by atoms with Gasteiger partial charge in [-0.15, -0.1) is 0 Å². The Hall–Kier alpha value is -2.30. The van der Waals surface area contributed by atoms with Gasteiger partial charge in [-0.25, -0.2) is 4.79 Å². The van der Waals surface area contributed by atoms with Crippen LogP contribution in [0, 0.1) is 5.92 Å². The quantitative estimate of drug-likeness (QED) is 0.759. The summed E-state index contributed by atoms with van der Waals surface area (Å²) in [6.45, 7) is 4.40. The molecule has 1 fully saturated rings. The van der Waals surface area contributed by atoms with E-state index in [9.17, 15) is 9.59 Å². The van der Waals surface area contributed by atoms with Crippen LogP contribution >= 0.6 is 0 Å². The van der Waals surface area contributed by atoms with Crippen LogP contribution in [0.4, 0.5) is 0 Å². The number of amides is 1. The van der Waals surface area contributed by atoms with Crippen molar-refractivity contribution in [2.24, 2.45) is 5.92 Å². The summed E-state index contributed by atoms with van der Waals surface area (Å²) in [5.74, 6) is -0.722. The molecule has 0 aliphatic heterocycles. The Balaban J connectivity index is 2.00. The Labute approximate surface area is 130 Å². The minimum atomic E-state index is -0.980. The number of aliphatic carboxylic acids is 1. The van der Waals surface area contributed by atoms with Gasteiger partial charge in [0.25, 0.3) is 5.91 Å². The summed E-state index contributed by atoms with van der Waals surface area (Å²) in [5.41, 5.74) is 1.56. The molecule has 1 aromatic carbocycles. The van der Waals surface area contributed by atoms with Crippen molar-refractivity contribution in [1.82, 2.24) is 5.32 Å². The highest BCUT2D eigenvalue weighted by Crippen LogP contribution is 2.32. The second kappa shape index (κ2) is 7.11. The average Bonchev–Trinajstić information content (AvgIpc) is 3.28. The molecule has 1 aromatic rings. The van der Waals surface area contributed by atoms with Gasteiger partial charge >= 0.3 is 5.97 Å². The van der Waals surface area contributed by atoms with Crippen molar-refractivity contribution in [2.45, 2.75) is 32.7 Å². The van der Waals surface area contributed by atoms with E-state index in [0.29, 0.717) is 17.9 Å². The lowest BCUT2D eigenvalue weighted by Gasteiger charge is -2.14. The molecular weight excluding hydrogens is 282 g/mol. The van der Waals surface area contributed by atoms with Crippen molar-refractivity contribution in [1.29, 1.82) is 0 Å². The average molecular weight is 303 g/mol. The van der Waals surface area contributed by atoms with Gasteiger partial charge in [-0.2, -0.15) is 0 Å². The van der Waals surface area contributed by atoms with Gasteiger partial charge in [0.15, 0.2) is 0 Å². The van der Waals surface area contributed by atoms with Crippen LogP contribution in [0.1, 0.15) is 37.0 Å². The fourth-order valence-electron chi connectivity index (χ4n) is 2.07. The fourth-order valence-corrected chi connectivity index (χ4v) is 2.07. The second-order valence-electron chi connectivity index (χ2n) is 5.75. The van der Waals surface area contributed by atoms with E-state index in [1.54, 1.807) is 24.3 Å². The Kier molecular flexibility index (Phi) is 5.20. The largest absolute Gasteiger partial charge is 0.490 e. The van der Waals surface area contributed by atoms with Crippen LogP contribution in [-0.2, 0) is 4.79 Å². The smallest absolute Gasteiger partial charge is 0.326 e. The van der Waals surface area contributed by atoms with Crippen LogP contribution in [0.5, 0.6) is 5.75 Å². The molecule has 2 N–H and O–H groups in total. The van der Waals surface area contributed by atoms with Gasteiger partial charge in [-0.05, 0) is 56.9 Å². The van der Waals surface area contributed by atoms with E-state index >= 15 is 0 Å². The summed E-state index contributed by atoms with van der Waals surface area (Å²) in [5, 5.41) is 11.7. The van der Waals surface area contributed by atoms with Crippen LogP contribution < -0.4 is 10.1 Å². The molecule has 1 aliphatic carbocycles. The molecule has 1 amide bonds. The van der Waals surface area contributed by atoms with Crippen molar-refractivity contribution in [3.05, 3.63) is 41.5 Å².